The van der Waals surface area contributed by atoms with Crippen LogP contribution in [-0.4, -0.2) is 71.6 Å². The number of carbonyl (C=O) groups excluding carboxylic acids is 2. The van der Waals surface area contributed by atoms with E-state index in [-0.39, 0.29) is 47.1 Å². The largest absolute Gasteiger partial charge is 0.476 e. The van der Waals surface area contributed by atoms with Crippen molar-refractivity contribution in [2.24, 2.45) is 0 Å². The van der Waals surface area contributed by atoms with E-state index in [1.807, 2.05) is 0 Å². The summed E-state index contributed by atoms with van der Waals surface area (Å²) >= 11 is 12.4. The summed E-state index contributed by atoms with van der Waals surface area (Å²) in [5.41, 5.74) is 0.0831. The SMILES string of the molecule is [C-]#[N+]c1cc(Cl)c(Nc2ccc3c(c2)cc(OCC(=O)OC)c(=O)n3CC2CN(C(=O)OC(C)(C)C)CCO2)nc1Cl. The Hall–Kier alpha value is -4.05. The molecule has 1 saturated heterocycles. The molecule has 4 rings (SSSR count). The molecule has 1 atom stereocenters. The van der Waals surface area contributed by atoms with Gasteiger partial charge in [-0.2, -0.15) is 0 Å². The zero-order valence-corrected chi connectivity index (χ0v) is 24.9. The number of pyridine rings is 2. The number of halogens is 2. The molecule has 1 aliphatic heterocycles. The van der Waals surface area contributed by atoms with Gasteiger partial charge in [0.15, 0.2) is 12.4 Å². The van der Waals surface area contributed by atoms with Gasteiger partial charge < -0.3 is 33.7 Å². The molecule has 222 valence electrons. The van der Waals surface area contributed by atoms with Gasteiger partial charge in [0, 0.05) is 17.6 Å². The number of morpholine rings is 1. The summed E-state index contributed by atoms with van der Waals surface area (Å²) in [5, 5.41) is 3.85. The normalized spacial score (nSPS) is 15.2. The quantitative estimate of drug-likeness (QED) is 0.217. The predicted molar refractivity (Wildman–Crippen MR) is 157 cm³/mol. The van der Waals surface area contributed by atoms with E-state index in [1.165, 1.54) is 23.8 Å². The molecule has 3 heterocycles. The molecule has 3 aromatic rings. The summed E-state index contributed by atoms with van der Waals surface area (Å²) in [5.74, 6) is -0.493. The van der Waals surface area contributed by atoms with E-state index in [1.54, 1.807) is 43.9 Å². The van der Waals surface area contributed by atoms with Crippen LogP contribution in [0.3, 0.4) is 0 Å². The molecule has 42 heavy (non-hydrogen) atoms. The summed E-state index contributed by atoms with van der Waals surface area (Å²) in [7, 11) is 1.22. The lowest BCUT2D eigenvalue weighted by Crippen LogP contribution is -2.49. The first-order valence-electron chi connectivity index (χ1n) is 12.9. The molecular formula is C28H29Cl2N5O7. The van der Waals surface area contributed by atoms with E-state index in [0.29, 0.717) is 23.1 Å². The first kappa shape index (κ1) is 30.9. The highest BCUT2D eigenvalue weighted by Crippen LogP contribution is 2.33. The Balaban J connectivity index is 1.68. The van der Waals surface area contributed by atoms with Crippen molar-refractivity contribution in [1.29, 1.82) is 0 Å². The summed E-state index contributed by atoms with van der Waals surface area (Å²) in [6.07, 6.45) is -0.984. The Morgan fingerprint density at radius 2 is 2.00 bits per heavy atom. The van der Waals surface area contributed by atoms with Crippen LogP contribution in [0.4, 0.5) is 22.0 Å². The maximum Gasteiger partial charge on any atom is 0.410 e. The second-order valence-corrected chi connectivity index (χ2v) is 11.1. The van der Waals surface area contributed by atoms with Crippen LogP contribution >= 0.6 is 23.2 Å². The maximum atomic E-state index is 13.5. The second-order valence-electron chi connectivity index (χ2n) is 10.3. The van der Waals surface area contributed by atoms with E-state index >= 15 is 0 Å². The van der Waals surface area contributed by atoms with Gasteiger partial charge in [-0.1, -0.05) is 23.2 Å². The Kier molecular flexibility index (Phi) is 9.46. The van der Waals surface area contributed by atoms with Crippen molar-refractivity contribution in [1.82, 2.24) is 14.5 Å². The first-order chi connectivity index (χ1) is 19.9. The summed E-state index contributed by atoms with van der Waals surface area (Å²) < 4.78 is 23.0. The van der Waals surface area contributed by atoms with Crippen LogP contribution in [0.2, 0.25) is 10.2 Å². The number of esters is 1. The van der Waals surface area contributed by atoms with E-state index in [0.717, 1.165) is 0 Å². The minimum Gasteiger partial charge on any atom is -0.476 e. The van der Waals surface area contributed by atoms with E-state index in [2.05, 4.69) is 19.9 Å². The number of anilines is 2. The van der Waals surface area contributed by atoms with Crippen molar-refractivity contribution in [3.8, 4) is 5.75 Å². The van der Waals surface area contributed by atoms with E-state index < -0.39 is 35.9 Å². The van der Waals surface area contributed by atoms with Crippen molar-refractivity contribution in [2.75, 3.05) is 38.7 Å². The molecule has 0 aliphatic carbocycles. The van der Waals surface area contributed by atoms with Crippen molar-refractivity contribution >= 4 is 63.4 Å². The van der Waals surface area contributed by atoms with Crippen molar-refractivity contribution < 1.29 is 28.5 Å². The van der Waals surface area contributed by atoms with Gasteiger partial charge in [-0.05, 0) is 51.1 Å². The third-order valence-corrected chi connectivity index (χ3v) is 6.67. The van der Waals surface area contributed by atoms with Crippen LogP contribution in [0.1, 0.15) is 20.8 Å². The molecule has 0 saturated carbocycles. The van der Waals surface area contributed by atoms with Crippen LogP contribution in [0.25, 0.3) is 15.7 Å². The lowest BCUT2D eigenvalue weighted by atomic mass is 10.1. The number of carbonyl (C=O) groups is 2. The predicted octanol–water partition coefficient (Wildman–Crippen LogP) is 5.19. The average molecular weight is 618 g/mol. The summed E-state index contributed by atoms with van der Waals surface area (Å²) in [6.45, 7) is 13.0. The molecule has 1 aliphatic rings. The zero-order valence-electron chi connectivity index (χ0n) is 23.4. The monoisotopic (exact) mass is 617 g/mol. The lowest BCUT2D eigenvalue weighted by Gasteiger charge is -2.34. The van der Waals surface area contributed by atoms with Gasteiger partial charge in [0.2, 0.25) is 5.69 Å². The number of aromatic nitrogens is 2. The van der Waals surface area contributed by atoms with Gasteiger partial charge in [0.25, 0.3) is 5.56 Å². The average Bonchev–Trinajstić information content (AvgIpc) is 2.94. The topological polar surface area (TPSA) is 126 Å². The highest BCUT2D eigenvalue weighted by Gasteiger charge is 2.29. The number of methoxy groups -OCH3 is 1. The van der Waals surface area contributed by atoms with Gasteiger partial charge >= 0.3 is 12.1 Å². The number of nitrogens with zero attached hydrogens (tertiary/aromatic N) is 4. The number of hydrogen-bond donors (Lipinski definition) is 1. The molecule has 1 fully saturated rings. The van der Waals surface area contributed by atoms with Gasteiger partial charge in [-0.3, -0.25) is 4.79 Å². The number of amides is 1. The highest BCUT2D eigenvalue weighted by molar-refractivity contribution is 6.36. The molecule has 0 spiro atoms. The first-order valence-corrected chi connectivity index (χ1v) is 13.6. The van der Waals surface area contributed by atoms with Crippen LogP contribution < -0.4 is 15.6 Å². The van der Waals surface area contributed by atoms with Crippen molar-refractivity contribution in [3.05, 3.63) is 62.3 Å². The Morgan fingerprint density at radius 3 is 2.69 bits per heavy atom. The number of benzene rings is 1. The Labute approximate surface area is 251 Å². The maximum absolute atomic E-state index is 13.5. The van der Waals surface area contributed by atoms with Gasteiger partial charge in [0.05, 0.1) is 50.0 Å². The molecule has 2 aromatic heterocycles. The standard InChI is InChI=1S/C28H29Cl2N5O7/c1-28(2,3)42-27(38)34-8-9-40-18(13-34)14-35-21-7-6-17(32-25-19(29)12-20(31-4)24(30)33-25)10-16(21)11-22(26(35)37)41-15-23(36)39-5/h6-7,10-12,18H,8-9,13-15H2,1-3,5H3,(H,32,33). The molecule has 0 radical (unpaired) electrons. The summed E-state index contributed by atoms with van der Waals surface area (Å²) in [4.78, 5) is 46.9. The number of hydrogen-bond acceptors (Lipinski definition) is 9. The van der Waals surface area contributed by atoms with E-state index in [9.17, 15) is 14.4 Å². The van der Waals surface area contributed by atoms with Crippen LogP contribution in [-0.2, 0) is 25.5 Å². The minimum absolute atomic E-state index is 0.00192. The van der Waals surface area contributed by atoms with E-state index in [4.69, 9.17) is 44.0 Å². The van der Waals surface area contributed by atoms with Crippen molar-refractivity contribution in [3.63, 3.8) is 0 Å². The fourth-order valence-corrected chi connectivity index (χ4v) is 4.58. The highest BCUT2D eigenvalue weighted by atomic mass is 35.5. The fraction of sp³-hybridized carbons (Fsp3) is 0.393. The number of fused-ring (bicyclic) bond motifs is 1. The minimum atomic E-state index is -0.654. The van der Waals surface area contributed by atoms with Crippen LogP contribution in [0.15, 0.2) is 35.1 Å². The molecule has 1 unspecified atom stereocenters. The Morgan fingerprint density at radius 1 is 1.24 bits per heavy atom. The molecule has 14 heteroatoms. The van der Waals surface area contributed by atoms with Crippen molar-refractivity contribution in [2.45, 2.75) is 39.0 Å². The zero-order chi connectivity index (χ0) is 30.6. The number of nitrogens with one attached hydrogen (secondary N) is 1. The summed E-state index contributed by atoms with van der Waals surface area (Å²) in [6, 6.07) is 8.10. The molecule has 12 nitrogen and oxygen atoms in total. The number of ether oxygens (including phenoxy) is 4. The van der Waals surface area contributed by atoms with Gasteiger partial charge in [0.1, 0.15) is 16.6 Å². The Bertz CT molecular complexity index is 1610. The molecule has 1 N–H and O–H groups in total. The van der Waals surface area contributed by atoms with Crippen LogP contribution in [0, 0.1) is 6.57 Å². The van der Waals surface area contributed by atoms with Gasteiger partial charge in [-0.15, -0.1) is 0 Å². The van der Waals surface area contributed by atoms with Crippen LogP contribution in [0.5, 0.6) is 5.75 Å². The fourth-order valence-electron chi connectivity index (χ4n) is 4.20. The second kappa shape index (κ2) is 12.9. The molecule has 0 bridgehead atoms. The third kappa shape index (κ3) is 7.42. The molecule has 1 amide bonds. The van der Waals surface area contributed by atoms with Gasteiger partial charge in [-0.25, -0.2) is 19.4 Å². The molecular weight excluding hydrogens is 589 g/mol. The lowest BCUT2D eigenvalue weighted by molar-refractivity contribution is -0.142. The third-order valence-electron chi connectivity index (χ3n) is 6.10. The number of rotatable bonds is 7. The smallest absolute Gasteiger partial charge is 0.410 e. The molecule has 1 aromatic carbocycles.